The Morgan fingerprint density at radius 1 is 1.44 bits per heavy atom. The molecular weight excluding hydrogens is 378 g/mol. The highest BCUT2D eigenvalue weighted by Crippen LogP contribution is 2.39. The SMILES string of the molecule is C=CCOc1c(Cl)cc(/C=C2\SC(=S)N(CC(C)C)C2=O)cc1OC. The summed E-state index contributed by atoms with van der Waals surface area (Å²) in [5, 5.41) is 0.408. The number of rotatable bonds is 7. The molecule has 1 aromatic carbocycles. The van der Waals surface area contributed by atoms with Crippen molar-refractivity contribution in [2.45, 2.75) is 13.8 Å². The largest absolute Gasteiger partial charge is 0.493 e. The van der Waals surface area contributed by atoms with Gasteiger partial charge in [0.25, 0.3) is 5.91 Å². The van der Waals surface area contributed by atoms with Gasteiger partial charge in [0.1, 0.15) is 10.9 Å². The van der Waals surface area contributed by atoms with E-state index in [0.29, 0.717) is 44.8 Å². The third kappa shape index (κ3) is 4.77. The van der Waals surface area contributed by atoms with Gasteiger partial charge in [0.2, 0.25) is 0 Å². The molecule has 0 aliphatic carbocycles. The van der Waals surface area contributed by atoms with Gasteiger partial charge in [-0.05, 0) is 29.7 Å². The fourth-order valence-electron chi connectivity index (χ4n) is 2.28. The minimum Gasteiger partial charge on any atom is -0.493 e. The summed E-state index contributed by atoms with van der Waals surface area (Å²) in [6.45, 7) is 8.65. The Bertz CT molecular complexity index is 731. The molecule has 0 radical (unpaired) electrons. The van der Waals surface area contributed by atoms with Crippen LogP contribution in [-0.2, 0) is 4.79 Å². The molecule has 134 valence electrons. The smallest absolute Gasteiger partial charge is 0.266 e. The number of methoxy groups -OCH3 is 1. The van der Waals surface area contributed by atoms with E-state index in [1.807, 2.05) is 0 Å². The monoisotopic (exact) mass is 397 g/mol. The Balaban J connectivity index is 2.32. The number of hydrogen-bond acceptors (Lipinski definition) is 5. The van der Waals surface area contributed by atoms with Gasteiger partial charge in [-0.2, -0.15) is 0 Å². The van der Waals surface area contributed by atoms with Crippen molar-refractivity contribution in [2.75, 3.05) is 20.3 Å². The van der Waals surface area contributed by atoms with E-state index in [1.165, 1.54) is 11.8 Å². The van der Waals surface area contributed by atoms with Gasteiger partial charge in [-0.1, -0.05) is 62.1 Å². The van der Waals surface area contributed by atoms with Crippen molar-refractivity contribution >= 4 is 51.9 Å². The highest BCUT2D eigenvalue weighted by atomic mass is 35.5. The van der Waals surface area contributed by atoms with E-state index >= 15 is 0 Å². The predicted molar refractivity (Wildman–Crippen MR) is 108 cm³/mol. The molecule has 1 fully saturated rings. The van der Waals surface area contributed by atoms with Crippen LogP contribution < -0.4 is 9.47 Å². The maximum Gasteiger partial charge on any atom is 0.266 e. The topological polar surface area (TPSA) is 38.8 Å². The molecule has 0 unspecified atom stereocenters. The highest BCUT2D eigenvalue weighted by molar-refractivity contribution is 8.26. The fraction of sp³-hybridized carbons (Fsp3) is 0.333. The van der Waals surface area contributed by atoms with Crippen molar-refractivity contribution in [2.24, 2.45) is 5.92 Å². The van der Waals surface area contributed by atoms with Crippen LogP contribution in [0.1, 0.15) is 19.4 Å². The zero-order chi connectivity index (χ0) is 18.6. The number of ether oxygens (including phenoxy) is 2. The molecule has 0 saturated carbocycles. The quantitative estimate of drug-likeness (QED) is 0.376. The van der Waals surface area contributed by atoms with Crippen LogP contribution in [-0.4, -0.2) is 35.4 Å². The molecular formula is C18H20ClNO3S2. The first-order valence-corrected chi connectivity index (χ1v) is 9.34. The van der Waals surface area contributed by atoms with Crippen LogP contribution in [0.25, 0.3) is 6.08 Å². The van der Waals surface area contributed by atoms with Crippen molar-refractivity contribution in [1.82, 2.24) is 4.90 Å². The molecule has 1 heterocycles. The Labute approximate surface area is 162 Å². The molecule has 1 amide bonds. The van der Waals surface area contributed by atoms with E-state index < -0.39 is 0 Å². The number of benzene rings is 1. The van der Waals surface area contributed by atoms with Gasteiger partial charge in [-0.15, -0.1) is 0 Å². The van der Waals surface area contributed by atoms with Crippen LogP contribution in [0.3, 0.4) is 0 Å². The van der Waals surface area contributed by atoms with Gasteiger partial charge in [-0.25, -0.2) is 0 Å². The normalized spacial score (nSPS) is 16.0. The predicted octanol–water partition coefficient (Wildman–Crippen LogP) is 4.77. The fourth-order valence-corrected chi connectivity index (χ4v) is 3.83. The summed E-state index contributed by atoms with van der Waals surface area (Å²) in [4.78, 5) is 14.8. The number of amides is 1. The number of nitrogens with zero attached hydrogens (tertiary/aromatic N) is 1. The lowest BCUT2D eigenvalue weighted by atomic mass is 10.1. The third-order valence-electron chi connectivity index (χ3n) is 3.32. The maximum atomic E-state index is 12.6. The standard InChI is InChI=1S/C18H20ClNO3S2/c1-5-6-23-16-13(19)7-12(8-14(16)22-4)9-15-17(21)20(10-11(2)3)18(24)25-15/h5,7-9,11H,1,6,10H2,2-4H3/b15-9-. The average Bonchev–Trinajstić information content (AvgIpc) is 2.80. The summed E-state index contributed by atoms with van der Waals surface area (Å²) >= 11 is 12.9. The molecule has 0 aromatic heterocycles. The molecule has 0 bridgehead atoms. The first-order valence-electron chi connectivity index (χ1n) is 7.74. The van der Waals surface area contributed by atoms with Gasteiger partial charge in [0, 0.05) is 6.54 Å². The molecule has 0 spiro atoms. The van der Waals surface area contributed by atoms with E-state index in [9.17, 15) is 4.79 Å². The molecule has 0 atom stereocenters. The Morgan fingerprint density at radius 3 is 2.76 bits per heavy atom. The van der Waals surface area contributed by atoms with Crippen LogP contribution in [0.2, 0.25) is 5.02 Å². The molecule has 7 heteroatoms. The van der Waals surface area contributed by atoms with Gasteiger partial charge in [0.15, 0.2) is 11.5 Å². The second kappa shape index (κ2) is 8.74. The van der Waals surface area contributed by atoms with Crippen molar-refractivity contribution in [3.05, 3.63) is 40.3 Å². The molecule has 2 rings (SSSR count). The summed E-state index contributed by atoms with van der Waals surface area (Å²) in [6.07, 6.45) is 3.40. The summed E-state index contributed by atoms with van der Waals surface area (Å²) in [6, 6.07) is 3.51. The molecule has 1 aliphatic heterocycles. The zero-order valence-corrected chi connectivity index (χ0v) is 16.8. The summed E-state index contributed by atoms with van der Waals surface area (Å²) < 4.78 is 11.5. The summed E-state index contributed by atoms with van der Waals surface area (Å²) in [5.41, 5.74) is 0.748. The first-order chi connectivity index (χ1) is 11.9. The molecule has 1 saturated heterocycles. The van der Waals surface area contributed by atoms with Gasteiger partial charge < -0.3 is 9.47 Å². The Hall–Kier alpha value is -1.50. The first kappa shape index (κ1) is 19.8. The Morgan fingerprint density at radius 2 is 2.16 bits per heavy atom. The van der Waals surface area contributed by atoms with E-state index in [4.69, 9.17) is 33.3 Å². The number of hydrogen-bond donors (Lipinski definition) is 0. The van der Waals surface area contributed by atoms with Gasteiger partial charge in [-0.3, -0.25) is 9.69 Å². The molecule has 0 N–H and O–H groups in total. The molecule has 4 nitrogen and oxygen atoms in total. The van der Waals surface area contributed by atoms with Crippen LogP contribution in [0.5, 0.6) is 11.5 Å². The summed E-state index contributed by atoms with van der Waals surface area (Å²) in [7, 11) is 1.54. The molecule has 25 heavy (non-hydrogen) atoms. The van der Waals surface area contributed by atoms with Crippen LogP contribution in [0.15, 0.2) is 29.7 Å². The van der Waals surface area contributed by atoms with Crippen LogP contribution >= 0.6 is 35.6 Å². The minimum absolute atomic E-state index is 0.0780. The minimum atomic E-state index is -0.0780. The van der Waals surface area contributed by atoms with Gasteiger partial charge in [0.05, 0.1) is 17.0 Å². The number of thiocarbonyl (C=S) groups is 1. The number of carbonyl (C=O) groups excluding carboxylic acids is 1. The highest BCUT2D eigenvalue weighted by Gasteiger charge is 2.32. The van der Waals surface area contributed by atoms with E-state index in [0.717, 1.165) is 5.56 Å². The second-order valence-electron chi connectivity index (χ2n) is 5.82. The Kier molecular flexibility index (Phi) is 6.93. The van der Waals surface area contributed by atoms with Crippen LogP contribution in [0.4, 0.5) is 0 Å². The lowest BCUT2D eigenvalue weighted by Crippen LogP contribution is -2.31. The van der Waals surface area contributed by atoms with Crippen LogP contribution in [0, 0.1) is 5.92 Å². The van der Waals surface area contributed by atoms with E-state index in [1.54, 1.807) is 36.3 Å². The van der Waals surface area contributed by atoms with E-state index in [-0.39, 0.29) is 5.91 Å². The molecule has 1 aromatic rings. The van der Waals surface area contributed by atoms with Gasteiger partial charge >= 0.3 is 0 Å². The maximum absolute atomic E-state index is 12.6. The number of thioether (sulfide) groups is 1. The number of carbonyl (C=O) groups is 1. The number of halogens is 1. The lowest BCUT2D eigenvalue weighted by Gasteiger charge is -2.16. The van der Waals surface area contributed by atoms with Crippen molar-refractivity contribution < 1.29 is 14.3 Å². The van der Waals surface area contributed by atoms with Crippen molar-refractivity contribution in [1.29, 1.82) is 0 Å². The zero-order valence-electron chi connectivity index (χ0n) is 14.4. The van der Waals surface area contributed by atoms with Crippen molar-refractivity contribution in [3.63, 3.8) is 0 Å². The molecule has 1 aliphatic rings. The lowest BCUT2D eigenvalue weighted by molar-refractivity contribution is -0.122. The third-order valence-corrected chi connectivity index (χ3v) is 4.97. The van der Waals surface area contributed by atoms with E-state index in [2.05, 4.69) is 20.4 Å². The second-order valence-corrected chi connectivity index (χ2v) is 7.90. The summed E-state index contributed by atoms with van der Waals surface area (Å²) in [5.74, 6) is 1.22. The average molecular weight is 398 g/mol. The van der Waals surface area contributed by atoms with Crippen molar-refractivity contribution in [3.8, 4) is 11.5 Å².